The predicted molar refractivity (Wildman–Crippen MR) is 121 cm³/mol. The van der Waals surface area contributed by atoms with E-state index in [1.807, 2.05) is 48.5 Å². The van der Waals surface area contributed by atoms with Crippen LogP contribution in [0.1, 0.15) is 12.0 Å². The number of hydrogen-bond donors (Lipinski definition) is 2. The van der Waals surface area contributed by atoms with Gasteiger partial charge in [0.25, 0.3) is 0 Å². The highest BCUT2D eigenvalue weighted by Gasteiger charge is 2.25. The van der Waals surface area contributed by atoms with Crippen LogP contribution in [0.15, 0.2) is 48.5 Å². The number of rotatable bonds is 7. The molecule has 1 atom stereocenters. The molecule has 0 aliphatic carbocycles. The Morgan fingerprint density at radius 1 is 1.16 bits per heavy atom. The molecule has 1 amide bonds. The highest BCUT2D eigenvalue weighted by molar-refractivity contribution is 6.30. The molecule has 4 rings (SSSR count). The molecule has 8 heteroatoms. The van der Waals surface area contributed by atoms with E-state index >= 15 is 0 Å². The van der Waals surface area contributed by atoms with Gasteiger partial charge in [0, 0.05) is 30.2 Å². The Labute approximate surface area is 186 Å². The summed E-state index contributed by atoms with van der Waals surface area (Å²) in [7, 11) is 3.18. The van der Waals surface area contributed by atoms with Gasteiger partial charge in [-0.1, -0.05) is 29.8 Å². The summed E-state index contributed by atoms with van der Waals surface area (Å²) in [5.74, 6) is 2.13. The van der Waals surface area contributed by atoms with Gasteiger partial charge in [-0.25, -0.2) is 0 Å². The second kappa shape index (κ2) is 9.31. The summed E-state index contributed by atoms with van der Waals surface area (Å²) in [6, 6.07) is 15.3. The molecular formula is C23H25ClN4O3. The number of carbonyl (C=O) groups excluding carboxylic acids is 1. The van der Waals surface area contributed by atoms with Crippen molar-refractivity contribution in [3.8, 4) is 22.8 Å². The minimum absolute atomic E-state index is 0.0112. The number of hydrogen-bond acceptors (Lipinski definition) is 5. The Balaban J connectivity index is 1.33. The minimum Gasteiger partial charge on any atom is -0.493 e. The molecule has 1 aliphatic heterocycles. The van der Waals surface area contributed by atoms with Crippen LogP contribution in [0, 0.1) is 0 Å². The van der Waals surface area contributed by atoms with Gasteiger partial charge >= 0.3 is 0 Å². The predicted octanol–water partition coefficient (Wildman–Crippen LogP) is 3.68. The molecule has 162 valence electrons. The number of carbonyl (C=O) groups is 1. The highest BCUT2D eigenvalue weighted by atomic mass is 35.5. The van der Waals surface area contributed by atoms with E-state index in [9.17, 15) is 4.79 Å². The van der Waals surface area contributed by atoms with Crippen LogP contribution in [-0.2, 0) is 11.2 Å². The first-order chi connectivity index (χ1) is 15.1. The summed E-state index contributed by atoms with van der Waals surface area (Å²) in [4.78, 5) is 14.7. The van der Waals surface area contributed by atoms with Gasteiger partial charge in [-0.05, 0) is 41.8 Å². The van der Waals surface area contributed by atoms with Gasteiger partial charge in [0.15, 0.2) is 17.3 Å². The van der Waals surface area contributed by atoms with E-state index in [0.29, 0.717) is 22.9 Å². The van der Waals surface area contributed by atoms with Gasteiger partial charge < -0.3 is 19.7 Å². The number of ether oxygens (including phenoxy) is 2. The first-order valence-corrected chi connectivity index (χ1v) is 10.5. The Bertz CT molecular complexity index is 1050. The second-order valence-electron chi connectivity index (χ2n) is 7.51. The van der Waals surface area contributed by atoms with Crippen LogP contribution >= 0.6 is 11.6 Å². The number of nitrogens with one attached hydrogen (secondary N) is 2. The Morgan fingerprint density at radius 3 is 2.68 bits per heavy atom. The lowest BCUT2D eigenvalue weighted by atomic mass is 10.1. The number of nitrogens with zero attached hydrogens (tertiary/aromatic N) is 2. The number of anilines is 1. The smallest absolute Gasteiger partial charge is 0.224 e. The Kier molecular flexibility index (Phi) is 6.32. The van der Waals surface area contributed by atoms with Crippen LogP contribution in [0.5, 0.6) is 11.5 Å². The number of aromatic nitrogens is 2. The van der Waals surface area contributed by atoms with E-state index in [-0.39, 0.29) is 11.9 Å². The molecule has 2 heterocycles. The molecule has 0 saturated carbocycles. The lowest BCUT2D eigenvalue weighted by molar-refractivity contribution is -0.121. The molecule has 2 aromatic carbocycles. The molecule has 0 spiro atoms. The summed E-state index contributed by atoms with van der Waals surface area (Å²) in [5.41, 5.74) is 2.85. The van der Waals surface area contributed by atoms with Crippen molar-refractivity contribution in [1.82, 2.24) is 15.5 Å². The maximum atomic E-state index is 12.5. The molecule has 1 saturated heterocycles. The molecule has 0 bridgehead atoms. The zero-order valence-electron chi connectivity index (χ0n) is 17.5. The number of aromatic amines is 1. The normalized spacial score (nSPS) is 15.7. The van der Waals surface area contributed by atoms with E-state index < -0.39 is 0 Å². The van der Waals surface area contributed by atoms with Crippen molar-refractivity contribution >= 4 is 23.3 Å². The van der Waals surface area contributed by atoms with Crippen LogP contribution in [0.25, 0.3) is 11.3 Å². The summed E-state index contributed by atoms with van der Waals surface area (Å²) >= 11 is 5.96. The van der Waals surface area contributed by atoms with Crippen molar-refractivity contribution < 1.29 is 14.3 Å². The van der Waals surface area contributed by atoms with Gasteiger partial charge in [-0.2, -0.15) is 5.10 Å². The fraction of sp³-hybridized carbons (Fsp3) is 0.304. The monoisotopic (exact) mass is 440 g/mol. The van der Waals surface area contributed by atoms with Gasteiger partial charge in [-0.15, -0.1) is 0 Å². The Hall–Kier alpha value is -3.19. The van der Waals surface area contributed by atoms with E-state index in [4.69, 9.17) is 21.1 Å². The number of benzene rings is 2. The highest BCUT2D eigenvalue weighted by Crippen LogP contribution is 2.28. The number of H-pyrrole nitrogens is 1. The quantitative estimate of drug-likeness (QED) is 0.585. The molecule has 1 fully saturated rings. The Morgan fingerprint density at radius 2 is 1.94 bits per heavy atom. The maximum Gasteiger partial charge on any atom is 0.224 e. The SMILES string of the molecule is COc1ccc(CC(=O)N[C@H]2CCN(c3cc(-c4ccc(Cl)cc4)[nH]n3)C2)cc1OC. The van der Waals surface area contributed by atoms with Crippen molar-refractivity contribution in [2.75, 3.05) is 32.2 Å². The zero-order chi connectivity index (χ0) is 21.8. The van der Waals surface area contributed by atoms with Crippen LogP contribution in [0.2, 0.25) is 5.02 Å². The molecule has 31 heavy (non-hydrogen) atoms. The topological polar surface area (TPSA) is 79.5 Å². The number of methoxy groups -OCH3 is 2. The molecule has 0 unspecified atom stereocenters. The van der Waals surface area contributed by atoms with E-state index in [2.05, 4.69) is 20.4 Å². The van der Waals surface area contributed by atoms with Gasteiger partial charge in [-0.3, -0.25) is 9.89 Å². The third kappa shape index (κ3) is 4.94. The summed E-state index contributed by atoms with van der Waals surface area (Å²) < 4.78 is 10.6. The molecule has 1 aromatic heterocycles. The molecule has 7 nitrogen and oxygen atoms in total. The average Bonchev–Trinajstić information content (AvgIpc) is 3.44. The molecule has 0 radical (unpaired) electrons. The summed E-state index contributed by atoms with van der Waals surface area (Å²) in [6.45, 7) is 1.56. The molecular weight excluding hydrogens is 416 g/mol. The third-order valence-corrected chi connectivity index (χ3v) is 5.66. The van der Waals surface area contributed by atoms with Crippen molar-refractivity contribution in [3.63, 3.8) is 0 Å². The van der Waals surface area contributed by atoms with E-state index in [1.54, 1.807) is 14.2 Å². The van der Waals surface area contributed by atoms with Crippen LogP contribution in [0.3, 0.4) is 0 Å². The van der Waals surface area contributed by atoms with E-state index in [0.717, 1.165) is 42.1 Å². The van der Waals surface area contributed by atoms with E-state index in [1.165, 1.54) is 0 Å². The fourth-order valence-corrected chi connectivity index (χ4v) is 3.92. The van der Waals surface area contributed by atoms with Crippen molar-refractivity contribution in [1.29, 1.82) is 0 Å². The first kappa shape index (κ1) is 21.1. The van der Waals surface area contributed by atoms with Crippen molar-refractivity contribution in [3.05, 3.63) is 59.1 Å². The van der Waals surface area contributed by atoms with Crippen LogP contribution in [-0.4, -0.2) is 49.5 Å². The van der Waals surface area contributed by atoms with Crippen LogP contribution < -0.4 is 19.7 Å². The first-order valence-electron chi connectivity index (χ1n) is 10.1. The second-order valence-corrected chi connectivity index (χ2v) is 7.95. The van der Waals surface area contributed by atoms with Gasteiger partial charge in [0.05, 0.1) is 26.3 Å². The summed E-state index contributed by atoms with van der Waals surface area (Å²) in [6.07, 6.45) is 1.17. The summed E-state index contributed by atoms with van der Waals surface area (Å²) in [5, 5.41) is 11.4. The maximum absolute atomic E-state index is 12.5. The largest absolute Gasteiger partial charge is 0.493 e. The molecule has 1 aliphatic rings. The lowest BCUT2D eigenvalue weighted by Gasteiger charge is -2.16. The van der Waals surface area contributed by atoms with Gasteiger partial charge in [0.2, 0.25) is 5.91 Å². The number of halogens is 1. The standard InChI is InChI=1S/C23H25ClN4O3/c1-30-20-8-3-15(11-21(20)31-2)12-23(29)25-18-9-10-28(14-18)22-13-19(26-27-22)16-4-6-17(24)7-5-16/h3-8,11,13,18H,9-10,12,14H2,1-2H3,(H,25,29)(H,26,27)/t18-/m0/s1. The minimum atomic E-state index is -0.0112. The lowest BCUT2D eigenvalue weighted by Crippen LogP contribution is -2.38. The van der Waals surface area contributed by atoms with Crippen molar-refractivity contribution in [2.45, 2.75) is 18.9 Å². The molecule has 2 N–H and O–H groups in total. The average molecular weight is 441 g/mol. The van der Waals surface area contributed by atoms with Gasteiger partial charge in [0.1, 0.15) is 0 Å². The van der Waals surface area contributed by atoms with Crippen molar-refractivity contribution in [2.24, 2.45) is 0 Å². The van der Waals surface area contributed by atoms with Crippen LogP contribution in [0.4, 0.5) is 5.82 Å². The fourth-order valence-electron chi connectivity index (χ4n) is 3.79. The third-order valence-electron chi connectivity index (χ3n) is 5.41. The zero-order valence-corrected chi connectivity index (χ0v) is 18.3. The number of amides is 1. The molecule has 3 aromatic rings.